The molecule has 1 aliphatic heterocycles. The Balaban J connectivity index is 1.64. The molecule has 1 heterocycles. The second-order valence-corrected chi connectivity index (χ2v) is 10.5. The number of methoxy groups -OCH3 is 2. The maximum Gasteiger partial charge on any atom is 0.327 e. The maximum absolute atomic E-state index is 14.7. The van der Waals surface area contributed by atoms with Gasteiger partial charge in [-0.1, -0.05) is 29.8 Å². The molecule has 2 aliphatic rings. The van der Waals surface area contributed by atoms with Crippen molar-refractivity contribution in [2.24, 2.45) is 5.92 Å². The summed E-state index contributed by atoms with van der Waals surface area (Å²) < 4.78 is 26.0. The zero-order valence-corrected chi connectivity index (χ0v) is 22.7. The quantitative estimate of drug-likeness (QED) is 0.531. The largest absolute Gasteiger partial charge is 0.379 e. The predicted octanol–water partition coefficient (Wildman–Crippen LogP) is 4.39. The van der Waals surface area contributed by atoms with E-state index in [9.17, 15) is 18.8 Å². The van der Waals surface area contributed by atoms with Crippen molar-refractivity contribution < 1.29 is 28.2 Å². The van der Waals surface area contributed by atoms with Crippen molar-refractivity contribution in [3.8, 4) is 0 Å². The van der Waals surface area contributed by atoms with Crippen molar-refractivity contribution in [2.45, 2.75) is 64.1 Å². The third-order valence-electron chi connectivity index (χ3n) is 7.27. The number of ether oxygens (including phenoxy) is 2. The predicted molar refractivity (Wildman–Crippen MR) is 140 cm³/mol. The van der Waals surface area contributed by atoms with Gasteiger partial charge in [0, 0.05) is 42.5 Å². The second-order valence-electron chi connectivity index (χ2n) is 10.1. The van der Waals surface area contributed by atoms with Gasteiger partial charge in [-0.25, -0.2) is 9.18 Å². The van der Waals surface area contributed by atoms with E-state index in [1.807, 2.05) is 13.8 Å². The Morgan fingerprint density at radius 3 is 2.32 bits per heavy atom. The molecular formula is C28H33ClFN3O5. The van der Waals surface area contributed by atoms with E-state index in [0.717, 1.165) is 0 Å². The van der Waals surface area contributed by atoms with Gasteiger partial charge in [-0.15, -0.1) is 0 Å². The van der Waals surface area contributed by atoms with E-state index in [4.69, 9.17) is 21.1 Å². The first kappa shape index (κ1) is 28.0. The molecule has 0 spiro atoms. The van der Waals surface area contributed by atoms with Crippen molar-refractivity contribution in [2.75, 3.05) is 14.2 Å². The maximum atomic E-state index is 14.7. The summed E-state index contributed by atoms with van der Waals surface area (Å²) in [5, 5.41) is 3.04. The van der Waals surface area contributed by atoms with Crippen molar-refractivity contribution in [1.29, 1.82) is 0 Å². The average molecular weight is 546 g/mol. The molecule has 0 aromatic heterocycles. The van der Waals surface area contributed by atoms with Gasteiger partial charge >= 0.3 is 6.03 Å². The van der Waals surface area contributed by atoms with Crippen molar-refractivity contribution in [3.63, 3.8) is 0 Å². The van der Waals surface area contributed by atoms with Crippen molar-refractivity contribution in [3.05, 3.63) is 70.0 Å². The number of carbonyl (C=O) groups is 3. The number of halogens is 2. The lowest BCUT2D eigenvalue weighted by Gasteiger charge is -2.50. The van der Waals surface area contributed by atoms with Gasteiger partial charge in [-0.2, -0.15) is 0 Å². The van der Waals surface area contributed by atoms with Gasteiger partial charge in [0.05, 0.1) is 31.2 Å². The van der Waals surface area contributed by atoms with Gasteiger partial charge in [-0.3, -0.25) is 14.5 Å². The molecule has 204 valence electrons. The molecule has 1 N–H and O–H groups in total. The fourth-order valence-electron chi connectivity index (χ4n) is 5.28. The molecule has 2 fully saturated rings. The summed E-state index contributed by atoms with van der Waals surface area (Å²) in [6.07, 6.45) is 0.0869. The number of nitrogens with zero attached hydrogens (tertiary/aromatic N) is 2. The van der Waals surface area contributed by atoms with E-state index in [1.165, 1.54) is 21.9 Å². The van der Waals surface area contributed by atoms with Crippen LogP contribution in [0.1, 0.15) is 48.2 Å². The highest BCUT2D eigenvalue weighted by molar-refractivity contribution is 6.31. The van der Waals surface area contributed by atoms with Crippen LogP contribution in [0.4, 0.5) is 9.18 Å². The van der Waals surface area contributed by atoms with Gasteiger partial charge in [0.25, 0.3) is 5.91 Å². The van der Waals surface area contributed by atoms with Crippen LogP contribution < -0.4 is 5.32 Å². The number of hydrogen-bond donors (Lipinski definition) is 1. The normalized spacial score (nSPS) is 23.6. The number of fused-ring (bicyclic) bond motifs is 1. The molecular weight excluding hydrogens is 513 g/mol. The molecule has 4 rings (SSSR count). The fourth-order valence-corrected chi connectivity index (χ4v) is 5.51. The van der Waals surface area contributed by atoms with E-state index < -0.39 is 23.8 Å². The van der Waals surface area contributed by atoms with Gasteiger partial charge in [-0.05, 0) is 56.5 Å². The molecule has 4 unspecified atom stereocenters. The number of carbonyl (C=O) groups excluding carboxylic acids is 3. The Labute approximate surface area is 227 Å². The van der Waals surface area contributed by atoms with Crippen LogP contribution in [-0.4, -0.2) is 66.2 Å². The van der Waals surface area contributed by atoms with Gasteiger partial charge < -0.3 is 19.7 Å². The van der Waals surface area contributed by atoms with Crippen molar-refractivity contribution >= 4 is 29.4 Å². The number of benzene rings is 2. The summed E-state index contributed by atoms with van der Waals surface area (Å²) in [5.74, 6) is -1.58. The standard InChI is InChI=1S/C28H33ClFN3O5/c1-16(2)31-26(34)18-10-8-17(9-11-18)14-33-27(35)19-12-24(37-3)25(38-4)13-23(19)32(28(33)36)15-20-21(29)6-5-7-22(20)30/h5-11,16,19,23-25H,12-15H2,1-4H3,(H,31,34). The highest BCUT2D eigenvalue weighted by atomic mass is 35.5. The minimum Gasteiger partial charge on any atom is -0.379 e. The highest BCUT2D eigenvalue weighted by Gasteiger charge is 2.51. The Hall–Kier alpha value is -3.01. The number of nitrogens with one attached hydrogen (secondary N) is 1. The smallest absolute Gasteiger partial charge is 0.327 e. The second kappa shape index (κ2) is 11.8. The fraction of sp³-hybridized carbons (Fsp3) is 0.464. The number of rotatable bonds is 8. The topological polar surface area (TPSA) is 88.2 Å². The lowest BCUT2D eigenvalue weighted by molar-refractivity contribution is -0.152. The Morgan fingerprint density at radius 2 is 1.71 bits per heavy atom. The monoisotopic (exact) mass is 545 g/mol. The third-order valence-corrected chi connectivity index (χ3v) is 7.63. The summed E-state index contributed by atoms with van der Waals surface area (Å²) in [6, 6.07) is 10.1. The SMILES string of the molecule is COC1CC2C(=O)N(Cc3ccc(C(=O)NC(C)C)cc3)C(=O)N(Cc3c(F)cccc3Cl)C2CC1OC. The number of amides is 4. The molecule has 2 aromatic carbocycles. The van der Waals surface area contributed by atoms with E-state index in [0.29, 0.717) is 24.0 Å². The molecule has 8 nitrogen and oxygen atoms in total. The van der Waals surface area contributed by atoms with Gasteiger partial charge in [0.1, 0.15) is 5.82 Å². The zero-order valence-electron chi connectivity index (χ0n) is 21.9. The van der Waals surface area contributed by atoms with Crippen LogP contribution in [0.2, 0.25) is 5.02 Å². The molecule has 1 saturated carbocycles. The third kappa shape index (κ3) is 5.70. The summed E-state index contributed by atoms with van der Waals surface area (Å²) in [5.41, 5.74) is 1.36. The Kier molecular flexibility index (Phi) is 8.70. The first-order valence-electron chi connectivity index (χ1n) is 12.6. The first-order valence-corrected chi connectivity index (χ1v) is 13.0. The Morgan fingerprint density at radius 1 is 1.05 bits per heavy atom. The van der Waals surface area contributed by atoms with Crippen LogP contribution in [0.25, 0.3) is 0 Å². The molecule has 1 aliphatic carbocycles. The van der Waals surface area contributed by atoms with Gasteiger partial charge in [0.15, 0.2) is 0 Å². The molecule has 4 amide bonds. The number of hydrogen-bond acceptors (Lipinski definition) is 5. The summed E-state index contributed by atoms with van der Waals surface area (Å²) in [7, 11) is 3.14. The minimum atomic E-state index is -0.550. The average Bonchev–Trinajstić information content (AvgIpc) is 2.89. The van der Waals surface area contributed by atoms with E-state index in [2.05, 4.69) is 5.32 Å². The number of imide groups is 1. The van der Waals surface area contributed by atoms with Gasteiger partial charge in [0.2, 0.25) is 5.91 Å². The molecule has 1 saturated heterocycles. The van der Waals surface area contributed by atoms with Crippen LogP contribution in [0.3, 0.4) is 0 Å². The molecule has 10 heteroatoms. The molecule has 38 heavy (non-hydrogen) atoms. The molecule has 0 radical (unpaired) electrons. The van der Waals surface area contributed by atoms with E-state index >= 15 is 0 Å². The highest BCUT2D eigenvalue weighted by Crippen LogP contribution is 2.39. The molecule has 4 atom stereocenters. The summed E-state index contributed by atoms with van der Waals surface area (Å²) >= 11 is 6.30. The number of urea groups is 1. The van der Waals surface area contributed by atoms with Crippen LogP contribution in [0, 0.1) is 11.7 Å². The van der Waals surface area contributed by atoms with E-state index in [-0.39, 0.29) is 53.7 Å². The van der Waals surface area contributed by atoms with Crippen LogP contribution in [-0.2, 0) is 27.4 Å². The van der Waals surface area contributed by atoms with Crippen LogP contribution in [0.15, 0.2) is 42.5 Å². The molecule has 2 aromatic rings. The van der Waals surface area contributed by atoms with E-state index in [1.54, 1.807) is 44.6 Å². The lowest BCUT2D eigenvalue weighted by atomic mass is 9.77. The lowest BCUT2D eigenvalue weighted by Crippen LogP contribution is -2.64. The zero-order chi connectivity index (χ0) is 27.6. The summed E-state index contributed by atoms with van der Waals surface area (Å²) in [4.78, 5) is 42.5. The first-order chi connectivity index (χ1) is 18.1. The van der Waals surface area contributed by atoms with Crippen LogP contribution >= 0.6 is 11.6 Å². The Bertz CT molecular complexity index is 1170. The summed E-state index contributed by atoms with van der Waals surface area (Å²) in [6.45, 7) is 3.68. The van der Waals surface area contributed by atoms with Crippen LogP contribution in [0.5, 0.6) is 0 Å². The minimum absolute atomic E-state index is 0.00298. The van der Waals surface area contributed by atoms with Crippen molar-refractivity contribution in [1.82, 2.24) is 15.1 Å². The molecule has 0 bridgehead atoms.